The molecule has 1 unspecified atom stereocenters. The molecule has 1 saturated heterocycles. The summed E-state index contributed by atoms with van der Waals surface area (Å²) in [6, 6.07) is 3.55. The summed E-state index contributed by atoms with van der Waals surface area (Å²) < 4.78 is 13.8. The Kier molecular flexibility index (Phi) is 4.65. The van der Waals surface area contributed by atoms with Gasteiger partial charge in [0.15, 0.2) is 5.82 Å². The normalized spacial score (nSPS) is 27.9. The van der Waals surface area contributed by atoms with Crippen LogP contribution in [0.25, 0.3) is 0 Å². The molecule has 1 fully saturated rings. The van der Waals surface area contributed by atoms with Crippen molar-refractivity contribution in [1.82, 2.24) is 15.5 Å². The lowest BCUT2D eigenvalue weighted by Crippen LogP contribution is -2.42. The van der Waals surface area contributed by atoms with E-state index < -0.39 is 6.17 Å². The number of nitrogens with one attached hydrogen (secondary N) is 1. The maximum Gasteiger partial charge on any atom is 0.223 e. The van der Waals surface area contributed by atoms with Gasteiger partial charge in [0.1, 0.15) is 6.17 Å². The quantitative estimate of drug-likeness (QED) is 0.863. The number of alkyl halides is 1. The van der Waals surface area contributed by atoms with Gasteiger partial charge in [0.2, 0.25) is 5.91 Å². The Morgan fingerprint density at radius 1 is 1.45 bits per heavy atom. The zero-order valence-corrected chi connectivity index (χ0v) is 12.5. The zero-order chi connectivity index (χ0) is 15.4. The van der Waals surface area contributed by atoms with Crippen LogP contribution in [0.3, 0.4) is 0 Å². The maximum atomic E-state index is 13.8. The molecule has 0 bridgehead atoms. The van der Waals surface area contributed by atoms with Crippen LogP contribution in [-0.4, -0.2) is 41.4 Å². The molecule has 118 valence electrons. The summed E-state index contributed by atoms with van der Waals surface area (Å²) in [6.07, 6.45) is 7.96. The second kappa shape index (κ2) is 6.85. The number of allylic oxidation sites excluding steroid dienone is 2. The largest absolute Gasteiger partial charge is 0.354 e. The van der Waals surface area contributed by atoms with Gasteiger partial charge in [-0.2, -0.15) is 5.10 Å². The third-order valence-electron chi connectivity index (χ3n) is 4.37. The number of carbonyl (C=O) groups excluding carboxylic acids is 1. The average molecular weight is 304 g/mol. The van der Waals surface area contributed by atoms with Crippen LogP contribution in [0.4, 0.5) is 10.2 Å². The van der Waals surface area contributed by atoms with Crippen molar-refractivity contribution in [2.45, 2.75) is 37.9 Å². The molecule has 1 N–H and O–H groups in total. The van der Waals surface area contributed by atoms with Crippen molar-refractivity contribution in [3.63, 3.8) is 0 Å². The first-order valence-electron chi connectivity index (χ1n) is 7.85. The van der Waals surface area contributed by atoms with Gasteiger partial charge in [-0.25, -0.2) is 4.39 Å². The molecule has 22 heavy (non-hydrogen) atoms. The molecule has 0 spiro atoms. The van der Waals surface area contributed by atoms with E-state index in [-0.39, 0.29) is 17.9 Å². The number of amides is 1. The van der Waals surface area contributed by atoms with Gasteiger partial charge in [-0.3, -0.25) is 4.79 Å². The first-order chi connectivity index (χ1) is 10.7. The van der Waals surface area contributed by atoms with E-state index in [1.54, 1.807) is 12.3 Å². The molecule has 1 amide bonds. The number of nitrogens with zero attached hydrogens (tertiary/aromatic N) is 3. The van der Waals surface area contributed by atoms with E-state index in [0.717, 1.165) is 19.3 Å². The molecule has 3 atom stereocenters. The van der Waals surface area contributed by atoms with Crippen LogP contribution in [0, 0.1) is 5.92 Å². The first-order valence-corrected chi connectivity index (χ1v) is 7.85. The molecular formula is C16H21FN4O. The smallest absolute Gasteiger partial charge is 0.223 e. The molecule has 6 heteroatoms. The number of anilines is 1. The van der Waals surface area contributed by atoms with E-state index in [0.29, 0.717) is 25.3 Å². The second-order valence-electron chi connectivity index (χ2n) is 5.95. The first kappa shape index (κ1) is 14.9. The van der Waals surface area contributed by atoms with Crippen molar-refractivity contribution < 1.29 is 9.18 Å². The van der Waals surface area contributed by atoms with Gasteiger partial charge in [-0.05, 0) is 31.4 Å². The fourth-order valence-corrected chi connectivity index (χ4v) is 3.17. The summed E-state index contributed by atoms with van der Waals surface area (Å²) in [4.78, 5) is 14.1. The third kappa shape index (κ3) is 3.43. The fourth-order valence-electron chi connectivity index (χ4n) is 3.17. The van der Waals surface area contributed by atoms with Crippen molar-refractivity contribution in [1.29, 1.82) is 0 Å². The van der Waals surface area contributed by atoms with Gasteiger partial charge in [-0.1, -0.05) is 12.2 Å². The SMILES string of the molecule is O=C(NC[C@@H]1C[C@H](F)CN1c1cccnn1)C1CC=CCC1. The van der Waals surface area contributed by atoms with Crippen LogP contribution in [0.5, 0.6) is 0 Å². The number of halogens is 1. The highest BCUT2D eigenvalue weighted by atomic mass is 19.1. The highest BCUT2D eigenvalue weighted by molar-refractivity contribution is 5.79. The summed E-state index contributed by atoms with van der Waals surface area (Å²) in [5.41, 5.74) is 0. The zero-order valence-electron chi connectivity index (χ0n) is 12.5. The lowest BCUT2D eigenvalue weighted by molar-refractivity contribution is -0.125. The van der Waals surface area contributed by atoms with Crippen LogP contribution in [0.1, 0.15) is 25.7 Å². The number of hydrogen-bond acceptors (Lipinski definition) is 4. The van der Waals surface area contributed by atoms with Gasteiger partial charge in [0.05, 0.1) is 12.6 Å². The Balaban J connectivity index is 1.58. The summed E-state index contributed by atoms with van der Waals surface area (Å²) in [6.45, 7) is 0.765. The van der Waals surface area contributed by atoms with Gasteiger partial charge >= 0.3 is 0 Å². The van der Waals surface area contributed by atoms with Crippen LogP contribution in [-0.2, 0) is 4.79 Å². The Bertz CT molecular complexity index is 536. The molecule has 0 saturated carbocycles. The van der Waals surface area contributed by atoms with Gasteiger partial charge < -0.3 is 10.2 Å². The van der Waals surface area contributed by atoms with Crippen molar-refractivity contribution >= 4 is 11.7 Å². The predicted molar refractivity (Wildman–Crippen MR) is 82.2 cm³/mol. The van der Waals surface area contributed by atoms with Crippen molar-refractivity contribution in [3.05, 3.63) is 30.5 Å². The van der Waals surface area contributed by atoms with E-state index >= 15 is 0 Å². The fraction of sp³-hybridized carbons (Fsp3) is 0.562. The topological polar surface area (TPSA) is 58.1 Å². The lowest BCUT2D eigenvalue weighted by atomic mass is 9.93. The van der Waals surface area contributed by atoms with E-state index in [1.807, 2.05) is 11.0 Å². The van der Waals surface area contributed by atoms with Crippen molar-refractivity contribution in [2.24, 2.45) is 5.92 Å². The van der Waals surface area contributed by atoms with Crippen LogP contribution < -0.4 is 10.2 Å². The van der Waals surface area contributed by atoms with Crippen LogP contribution in [0.2, 0.25) is 0 Å². The van der Waals surface area contributed by atoms with E-state index in [4.69, 9.17) is 0 Å². The van der Waals surface area contributed by atoms with Crippen LogP contribution in [0.15, 0.2) is 30.5 Å². The summed E-state index contributed by atoms with van der Waals surface area (Å²) in [7, 11) is 0. The molecule has 1 aliphatic carbocycles. The maximum absolute atomic E-state index is 13.8. The molecule has 1 aromatic rings. The number of carbonyl (C=O) groups is 1. The highest BCUT2D eigenvalue weighted by Gasteiger charge is 2.33. The third-order valence-corrected chi connectivity index (χ3v) is 4.37. The Hall–Kier alpha value is -1.98. The van der Waals surface area contributed by atoms with E-state index in [2.05, 4.69) is 27.7 Å². The standard InChI is InChI=1S/C16H21FN4O/c17-13-9-14(21(11-13)15-7-4-8-19-20-15)10-18-16(22)12-5-2-1-3-6-12/h1-2,4,7-8,12-14H,3,5-6,9-11H2,(H,18,22)/t12?,13-,14-/m0/s1. The van der Waals surface area contributed by atoms with Gasteiger partial charge in [0, 0.05) is 25.1 Å². The Morgan fingerprint density at radius 3 is 3.09 bits per heavy atom. The van der Waals surface area contributed by atoms with Crippen LogP contribution >= 0.6 is 0 Å². The predicted octanol–water partition coefficient (Wildman–Crippen LogP) is 1.87. The Morgan fingerprint density at radius 2 is 2.36 bits per heavy atom. The second-order valence-corrected chi connectivity index (χ2v) is 5.95. The molecule has 1 aliphatic heterocycles. The Labute approximate surface area is 129 Å². The highest BCUT2D eigenvalue weighted by Crippen LogP contribution is 2.25. The summed E-state index contributed by atoms with van der Waals surface area (Å²) in [5.74, 6) is 0.797. The lowest BCUT2D eigenvalue weighted by Gasteiger charge is -2.26. The average Bonchev–Trinajstić information content (AvgIpc) is 2.95. The van der Waals surface area contributed by atoms with E-state index in [9.17, 15) is 9.18 Å². The minimum absolute atomic E-state index is 0.0533. The number of hydrogen-bond donors (Lipinski definition) is 1. The minimum atomic E-state index is -0.887. The summed E-state index contributed by atoms with van der Waals surface area (Å²) >= 11 is 0. The molecule has 2 heterocycles. The molecule has 1 aromatic heterocycles. The molecule has 5 nitrogen and oxygen atoms in total. The summed E-state index contributed by atoms with van der Waals surface area (Å²) in [5, 5.41) is 10.9. The number of rotatable bonds is 4. The molecule has 0 radical (unpaired) electrons. The number of aromatic nitrogens is 2. The molecular weight excluding hydrogens is 283 g/mol. The molecule has 2 aliphatic rings. The minimum Gasteiger partial charge on any atom is -0.354 e. The van der Waals surface area contributed by atoms with Crippen molar-refractivity contribution in [3.8, 4) is 0 Å². The molecule has 0 aromatic carbocycles. The molecule has 3 rings (SSSR count). The van der Waals surface area contributed by atoms with Crippen molar-refractivity contribution in [2.75, 3.05) is 18.0 Å². The van der Waals surface area contributed by atoms with Gasteiger partial charge in [0.25, 0.3) is 0 Å². The van der Waals surface area contributed by atoms with Gasteiger partial charge in [-0.15, -0.1) is 5.10 Å². The monoisotopic (exact) mass is 304 g/mol. The van der Waals surface area contributed by atoms with E-state index in [1.165, 1.54) is 0 Å².